The Labute approximate surface area is 146 Å². The summed E-state index contributed by atoms with van der Waals surface area (Å²) in [7, 11) is -5.93. The van der Waals surface area contributed by atoms with Crippen LogP contribution in [0.5, 0.6) is 5.75 Å². The van der Waals surface area contributed by atoms with Crippen molar-refractivity contribution in [3.63, 3.8) is 0 Å². The third kappa shape index (κ3) is 4.94. The molecule has 138 valence electrons. The lowest BCUT2D eigenvalue weighted by molar-refractivity contribution is 0.398. The van der Waals surface area contributed by atoms with Gasteiger partial charge >= 0.3 is 0 Å². The number of hydrogen-bond donors (Lipinski definition) is 1. The van der Waals surface area contributed by atoms with Crippen molar-refractivity contribution in [1.29, 1.82) is 0 Å². The lowest BCUT2D eigenvalue weighted by atomic mass is 10.3. The number of nitrogens with one attached hydrogen (secondary N) is 1. The highest BCUT2D eigenvalue weighted by Gasteiger charge is 2.22. The molecule has 2 rings (SSSR count). The lowest BCUT2D eigenvalue weighted by Gasteiger charge is -2.19. The zero-order valence-electron chi connectivity index (χ0n) is 14.0. The van der Waals surface area contributed by atoms with Gasteiger partial charge in [0, 0.05) is 19.2 Å². The van der Waals surface area contributed by atoms with E-state index in [1.54, 1.807) is 6.92 Å². The van der Waals surface area contributed by atoms with Crippen molar-refractivity contribution >= 4 is 25.9 Å². The van der Waals surface area contributed by atoms with Gasteiger partial charge in [0.05, 0.1) is 18.3 Å². The Bertz CT molecular complexity index is 920. The molecule has 0 saturated carbocycles. The first kappa shape index (κ1) is 19.2. The molecule has 0 fully saturated rings. The molecule has 0 atom stereocenters. The molecule has 9 nitrogen and oxygen atoms in total. The zero-order chi connectivity index (χ0) is 18.7. The number of ether oxygens (including phenoxy) is 1. The molecule has 1 aromatic carbocycles. The molecular formula is C14H19N3O6S2. The summed E-state index contributed by atoms with van der Waals surface area (Å²) >= 11 is 0. The average Bonchev–Trinajstić information content (AvgIpc) is 2.96. The number of sulfonamides is 2. The number of methoxy groups -OCH3 is 1. The van der Waals surface area contributed by atoms with Crippen LogP contribution in [0.25, 0.3) is 0 Å². The first-order valence-electron chi connectivity index (χ1n) is 7.18. The molecule has 25 heavy (non-hydrogen) atoms. The van der Waals surface area contributed by atoms with Gasteiger partial charge in [-0.3, -0.25) is 0 Å². The third-order valence-corrected chi connectivity index (χ3v) is 5.90. The van der Waals surface area contributed by atoms with Gasteiger partial charge in [0.15, 0.2) is 5.82 Å². The summed E-state index contributed by atoms with van der Waals surface area (Å²) in [5.41, 5.74) is 0. The number of anilines is 1. The summed E-state index contributed by atoms with van der Waals surface area (Å²) in [6, 6.07) is 7.30. The van der Waals surface area contributed by atoms with Gasteiger partial charge in [0.1, 0.15) is 11.5 Å². The van der Waals surface area contributed by atoms with E-state index in [0.29, 0.717) is 11.5 Å². The Morgan fingerprint density at radius 3 is 2.32 bits per heavy atom. The Balaban J connectivity index is 2.08. The van der Waals surface area contributed by atoms with Gasteiger partial charge in [-0.05, 0) is 31.2 Å². The van der Waals surface area contributed by atoms with Crippen LogP contribution in [0, 0.1) is 6.92 Å². The Hall–Kier alpha value is -2.11. The minimum Gasteiger partial charge on any atom is -0.497 e. The zero-order valence-corrected chi connectivity index (χ0v) is 15.6. The number of nitrogens with zero attached hydrogens (tertiary/aromatic N) is 2. The van der Waals surface area contributed by atoms with Crippen molar-refractivity contribution in [1.82, 2.24) is 9.88 Å². The average molecular weight is 389 g/mol. The highest BCUT2D eigenvalue weighted by atomic mass is 32.2. The fourth-order valence-electron chi connectivity index (χ4n) is 2.04. The van der Waals surface area contributed by atoms with E-state index in [-0.39, 0.29) is 23.8 Å². The highest BCUT2D eigenvalue weighted by Crippen LogP contribution is 2.17. The molecule has 1 heterocycles. The molecule has 2 aromatic rings. The van der Waals surface area contributed by atoms with Crippen molar-refractivity contribution in [2.75, 3.05) is 30.8 Å². The van der Waals surface area contributed by atoms with Crippen LogP contribution in [0.15, 0.2) is 39.8 Å². The summed E-state index contributed by atoms with van der Waals surface area (Å²) in [5, 5.41) is 3.66. The standard InChI is InChI=1S/C14H19N3O6S2/c1-11-10-14(16-23-11)17(24(3,18)19)9-8-15-25(20,21)13-6-4-12(22-2)5-7-13/h4-7,10,15H,8-9H2,1-3H3. The molecule has 0 saturated heterocycles. The van der Waals surface area contributed by atoms with Gasteiger partial charge < -0.3 is 9.26 Å². The van der Waals surface area contributed by atoms with E-state index in [0.717, 1.165) is 10.6 Å². The Morgan fingerprint density at radius 1 is 1.20 bits per heavy atom. The van der Waals surface area contributed by atoms with Gasteiger partial charge in [-0.25, -0.2) is 25.9 Å². The van der Waals surface area contributed by atoms with Gasteiger partial charge in [-0.1, -0.05) is 5.16 Å². The van der Waals surface area contributed by atoms with Crippen molar-refractivity contribution in [3.05, 3.63) is 36.1 Å². The van der Waals surface area contributed by atoms with Crippen LogP contribution in [0.4, 0.5) is 5.82 Å². The van der Waals surface area contributed by atoms with E-state index in [1.807, 2.05) is 0 Å². The van der Waals surface area contributed by atoms with Crippen LogP contribution in [-0.2, 0) is 20.0 Å². The lowest BCUT2D eigenvalue weighted by Crippen LogP contribution is -2.38. The molecule has 0 aliphatic carbocycles. The minimum absolute atomic E-state index is 0.0523. The molecule has 11 heteroatoms. The predicted octanol–water partition coefficient (Wildman–Crippen LogP) is 0.736. The summed E-state index contributed by atoms with van der Waals surface area (Å²) in [6.45, 7) is 1.37. The van der Waals surface area contributed by atoms with Crippen molar-refractivity contribution in [2.45, 2.75) is 11.8 Å². The van der Waals surface area contributed by atoms with E-state index >= 15 is 0 Å². The van der Waals surface area contributed by atoms with Crippen LogP contribution in [0.1, 0.15) is 5.76 Å². The molecule has 1 aromatic heterocycles. The maximum Gasteiger partial charge on any atom is 0.240 e. The SMILES string of the molecule is COc1ccc(S(=O)(=O)NCCN(c2cc(C)on2)S(C)(=O)=O)cc1. The number of rotatable bonds is 8. The molecule has 0 aliphatic rings. The third-order valence-electron chi connectivity index (χ3n) is 3.25. The van der Waals surface area contributed by atoms with Gasteiger partial charge in [-0.15, -0.1) is 0 Å². The first-order chi connectivity index (χ1) is 11.6. The Morgan fingerprint density at radius 2 is 1.84 bits per heavy atom. The molecule has 1 N–H and O–H groups in total. The molecule has 0 radical (unpaired) electrons. The molecule has 0 unspecified atom stereocenters. The normalized spacial score (nSPS) is 12.1. The summed E-state index contributed by atoms with van der Waals surface area (Å²) in [5.74, 6) is 1.08. The second-order valence-corrected chi connectivity index (χ2v) is 8.88. The predicted molar refractivity (Wildman–Crippen MR) is 91.6 cm³/mol. The molecule has 0 spiro atoms. The van der Waals surface area contributed by atoms with Crippen molar-refractivity contribution in [2.24, 2.45) is 0 Å². The number of aromatic nitrogens is 1. The van der Waals surface area contributed by atoms with Crippen molar-refractivity contribution < 1.29 is 26.1 Å². The van der Waals surface area contributed by atoms with Crippen molar-refractivity contribution in [3.8, 4) is 5.75 Å². The van der Waals surface area contributed by atoms with E-state index < -0.39 is 20.0 Å². The van der Waals surface area contributed by atoms with Crippen LogP contribution < -0.4 is 13.8 Å². The van der Waals surface area contributed by atoms with E-state index in [2.05, 4.69) is 9.88 Å². The summed E-state index contributed by atoms with van der Waals surface area (Å²) < 4.78 is 61.5. The van der Waals surface area contributed by atoms with E-state index in [4.69, 9.17) is 9.26 Å². The highest BCUT2D eigenvalue weighted by molar-refractivity contribution is 7.92. The summed E-state index contributed by atoms with van der Waals surface area (Å²) in [4.78, 5) is 0.0523. The molecule has 0 aliphatic heterocycles. The van der Waals surface area contributed by atoms with Crippen LogP contribution in [0.2, 0.25) is 0 Å². The maximum absolute atomic E-state index is 12.2. The monoisotopic (exact) mass is 389 g/mol. The second-order valence-electron chi connectivity index (χ2n) is 5.20. The fraction of sp³-hybridized carbons (Fsp3) is 0.357. The second kappa shape index (κ2) is 7.42. The van der Waals surface area contributed by atoms with Gasteiger partial charge in [-0.2, -0.15) is 0 Å². The number of hydrogen-bond acceptors (Lipinski definition) is 7. The molecule has 0 amide bonds. The topological polar surface area (TPSA) is 119 Å². The van der Waals surface area contributed by atoms with E-state index in [1.165, 1.54) is 37.4 Å². The first-order valence-corrected chi connectivity index (χ1v) is 10.5. The van der Waals surface area contributed by atoms with Gasteiger partial charge in [0.2, 0.25) is 20.0 Å². The maximum atomic E-state index is 12.2. The minimum atomic E-state index is -3.77. The quantitative estimate of drug-likeness (QED) is 0.707. The van der Waals surface area contributed by atoms with Crippen LogP contribution >= 0.6 is 0 Å². The van der Waals surface area contributed by atoms with Crippen LogP contribution in [-0.4, -0.2) is 48.4 Å². The summed E-state index contributed by atoms with van der Waals surface area (Å²) in [6.07, 6.45) is 1.01. The molecular weight excluding hydrogens is 370 g/mol. The number of aryl methyl sites for hydroxylation is 1. The van der Waals surface area contributed by atoms with Crippen LogP contribution in [0.3, 0.4) is 0 Å². The molecule has 0 bridgehead atoms. The smallest absolute Gasteiger partial charge is 0.240 e. The number of benzene rings is 1. The largest absolute Gasteiger partial charge is 0.497 e. The van der Waals surface area contributed by atoms with Gasteiger partial charge in [0.25, 0.3) is 0 Å². The Kier molecular flexibility index (Phi) is 5.70. The van der Waals surface area contributed by atoms with E-state index in [9.17, 15) is 16.8 Å². The fourth-order valence-corrected chi connectivity index (χ4v) is 3.91.